The Balaban J connectivity index is 1.85. The summed E-state index contributed by atoms with van der Waals surface area (Å²) in [5, 5.41) is 9.00. The van der Waals surface area contributed by atoms with Crippen LogP contribution in [0.15, 0.2) is 11.8 Å². The van der Waals surface area contributed by atoms with Crippen LogP contribution in [0.25, 0.3) is 0 Å². The van der Waals surface area contributed by atoms with Crippen LogP contribution in [0.5, 0.6) is 0 Å². The molecule has 118 valence electrons. The Morgan fingerprint density at radius 1 is 1.33 bits per heavy atom. The Bertz CT molecular complexity index is 412. The van der Waals surface area contributed by atoms with E-state index in [2.05, 4.69) is 11.0 Å². The highest BCUT2D eigenvalue weighted by Crippen LogP contribution is 2.22. The molecule has 5 heteroatoms. The van der Waals surface area contributed by atoms with Crippen molar-refractivity contribution in [2.45, 2.75) is 45.4 Å². The first-order valence-corrected chi connectivity index (χ1v) is 8.06. The van der Waals surface area contributed by atoms with Crippen LogP contribution < -0.4 is 0 Å². The van der Waals surface area contributed by atoms with Gasteiger partial charge in [-0.2, -0.15) is 0 Å². The zero-order chi connectivity index (χ0) is 15.2. The standard InChI is InChI=1S/C16H26N2O3/c1-2-18(14-6-4-3-5-7-14)15(19)12-17-10-8-13(9-11-17)16(20)21/h6,13H,2-5,7-12H2,1H3,(H,20,21). The van der Waals surface area contributed by atoms with Crippen LogP contribution in [-0.4, -0.2) is 53.0 Å². The van der Waals surface area contributed by atoms with E-state index in [4.69, 9.17) is 5.11 Å². The highest BCUT2D eigenvalue weighted by Gasteiger charge is 2.27. The van der Waals surface area contributed by atoms with E-state index in [0.717, 1.165) is 19.4 Å². The van der Waals surface area contributed by atoms with E-state index in [1.54, 1.807) is 0 Å². The molecule has 0 radical (unpaired) electrons. The number of carboxylic acids is 1. The summed E-state index contributed by atoms with van der Waals surface area (Å²) < 4.78 is 0. The van der Waals surface area contributed by atoms with Crippen molar-refractivity contribution in [3.05, 3.63) is 11.8 Å². The first-order chi connectivity index (χ1) is 10.1. The van der Waals surface area contributed by atoms with Crippen LogP contribution in [0, 0.1) is 5.92 Å². The molecule has 0 aromatic rings. The molecule has 1 fully saturated rings. The summed E-state index contributed by atoms with van der Waals surface area (Å²) in [6, 6.07) is 0. The predicted octanol–water partition coefficient (Wildman–Crippen LogP) is 2.09. The first kappa shape index (κ1) is 16.0. The van der Waals surface area contributed by atoms with Gasteiger partial charge in [0.25, 0.3) is 0 Å². The number of rotatable bonds is 5. The number of hydrogen-bond acceptors (Lipinski definition) is 3. The first-order valence-electron chi connectivity index (χ1n) is 8.06. The molecule has 1 heterocycles. The summed E-state index contributed by atoms with van der Waals surface area (Å²) in [6.07, 6.45) is 7.96. The molecule has 1 aliphatic carbocycles. The van der Waals surface area contributed by atoms with Crippen molar-refractivity contribution in [3.63, 3.8) is 0 Å². The number of likely N-dealkylation sites (N-methyl/N-ethyl adjacent to an activating group) is 1. The molecule has 1 N–H and O–H groups in total. The van der Waals surface area contributed by atoms with Gasteiger partial charge < -0.3 is 10.0 Å². The lowest BCUT2D eigenvalue weighted by molar-refractivity contribution is -0.143. The number of aliphatic carboxylic acids is 1. The van der Waals surface area contributed by atoms with E-state index in [1.165, 1.54) is 18.5 Å². The molecule has 0 aromatic carbocycles. The van der Waals surface area contributed by atoms with E-state index in [-0.39, 0.29) is 11.8 Å². The zero-order valence-electron chi connectivity index (χ0n) is 12.9. The molecule has 5 nitrogen and oxygen atoms in total. The van der Waals surface area contributed by atoms with Crippen molar-refractivity contribution in [1.82, 2.24) is 9.80 Å². The summed E-state index contributed by atoms with van der Waals surface area (Å²) in [6.45, 7) is 4.57. The number of likely N-dealkylation sites (tertiary alicyclic amines) is 1. The average Bonchev–Trinajstić information content (AvgIpc) is 2.49. The third-order valence-electron chi connectivity index (χ3n) is 4.53. The summed E-state index contributed by atoms with van der Waals surface area (Å²) in [5.41, 5.74) is 1.18. The maximum Gasteiger partial charge on any atom is 0.306 e. The van der Waals surface area contributed by atoms with Gasteiger partial charge in [-0.05, 0) is 58.5 Å². The highest BCUT2D eigenvalue weighted by atomic mass is 16.4. The van der Waals surface area contributed by atoms with E-state index in [0.29, 0.717) is 32.5 Å². The van der Waals surface area contributed by atoms with Crippen LogP contribution >= 0.6 is 0 Å². The molecule has 0 spiro atoms. The minimum Gasteiger partial charge on any atom is -0.481 e. The van der Waals surface area contributed by atoms with Gasteiger partial charge in [0.2, 0.25) is 5.91 Å². The number of carbonyl (C=O) groups is 2. The van der Waals surface area contributed by atoms with Gasteiger partial charge in [-0.15, -0.1) is 0 Å². The molecule has 2 rings (SSSR count). The quantitative estimate of drug-likeness (QED) is 0.843. The van der Waals surface area contributed by atoms with Crippen LogP contribution in [0.1, 0.15) is 45.4 Å². The SMILES string of the molecule is CCN(C(=O)CN1CCC(C(=O)O)CC1)C1=CCCCC1. The maximum absolute atomic E-state index is 12.5. The number of piperidine rings is 1. The van der Waals surface area contributed by atoms with Gasteiger partial charge in [0.15, 0.2) is 0 Å². The van der Waals surface area contributed by atoms with Crippen molar-refractivity contribution in [2.24, 2.45) is 5.92 Å². The van der Waals surface area contributed by atoms with Crippen molar-refractivity contribution in [3.8, 4) is 0 Å². The van der Waals surface area contributed by atoms with Crippen LogP contribution in [0.3, 0.4) is 0 Å². The summed E-state index contributed by atoms with van der Waals surface area (Å²) in [7, 11) is 0. The molecule has 1 saturated heterocycles. The predicted molar refractivity (Wildman–Crippen MR) is 80.7 cm³/mol. The average molecular weight is 294 g/mol. The van der Waals surface area contributed by atoms with Crippen molar-refractivity contribution in [2.75, 3.05) is 26.2 Å². The van der Waals surface area contributed by atoms with Crippen LogP contribution in [-0.2, 0) is 9.59 Å². The summed E-state index contributed by atoms with van der Waals surface area (Å²) in [4.78, 5) is 27.4. The molecule has 0 bridgehead atoms. The fraction of sp³-hybridized carbons (Fsp3) is 0.750. The van der Waals surface area contributed by atoms with E-state index in [1.807, 2.05) is 11.8 Å². The van der Waals surface area contributed by atoms with E-state index in [9.17, 15) is 9.59 Å². The van der Waals surface area contributed by atoms with Gasteiger partial charge in [-0.3, -0.25) is 14.5 Å². The lowest BCUT2D eigenvalue weighted by Crippen LogP contribution is -2.44. The molecule has 21 heavy (non-hydrogen) atoms. The number of nitrogens with zero attached hydrogens (tertiary/aromatic N) is 2. The smallest absolute Gasteiger partial charge is 0.306 e. The molecular formula is C16H26N2O3. The minimum absolute atomic E-state index is 0.152. The summed E-state index contributed by atoms with van der Waals surface area (Å²) in [5.74, 6) is -0.789. The number of allylic oxidation sites excluding steroid dienone is 2. The molecule has 0 saturated carbocycles. The molecule has 0 unspecified atom stereocenters. The van der Waals surface area contributed by atoms with Gasteiger partial charge in [0.05, 0.1) is 12.5 Å². The fourth-order valence-corrected chi connectivity index (χ4v) is 3.22. The normalized spacial score (nSPS) is 20.9. The fourth-order valence-electron chi connectivity index (χ4n) is 3.22. The maximum atomic E-state index is 12.5. The van der Waals surface area contributed by atoms with Crippen molar-refractivity contribution in [1.29, 1.82) is 0 Å². The third kappa shape index (κ3) is 4.30. The number of carboxylic acid groups (broad SMARTS) is 1. The van der Waals surface area contributed by atoms with Gasteiger partial charge in [-0.25, -0.2) is 0 Å². The largest absolute Gasteiger partial charge is 0.481 e. The van der Waals surface area contributed by atoms with Gasteiger partial charge in [0.1, 0.15) is 0 Å². The zero-order valence-corrected chi connectivity index (χ0v) is 12.9. The molecule has 1 aliphatic heterocycles. The van der Waals surface area contributed by atoms with Crippen LogP contribution in [0.2, 0.25) is 0 Å². The van der Waals surface area contributed by atoms with Gasteiger partial charge >= 0.3 is 5.97 Å². The monoisotopic (exact) mass is 294 g/mol. The Morgan fingerprint density at radius 2 is 2.05 bits per heavy atom. The lowest BCUT2D eigenvalue weighted by Gasteiger charge is -2.32. The Hall–Kier alpha value is -1.36. The minimum atomic E-state index is -0.705. The molecular weight excluding hydrogens is 268 g/mol. The van der Waals surface area contributed by atoms with E-state index < -0.39 is 5.97 Å². The molecule has 2 aliphatic rings. The summed E-state index contributed by atoms with van der Waals surface area (Å²) >= 11 is 0. The third-order valence-corrected chi connectivity index (χ3v) is 4.53. The number of carbonyl (C=O) groups excluding carboxylic acids is 1. The molecule has 0 atom stereocenters. The Labute approximate surface area is 126 Å². The second kappa shape index (κ2) is 7.59. The molecule has 1 amide bonds. The van der Waals surface area contributed by atoms with Crippen LogP contribution in [0.4, 0.5) is 0 Å². The van der Waals surface area contributed by atoms with Crippen molar-refractivity contribution >= 4 is 11.9 Å². The molecule has 0 aromatic heterocycles. The highest BCUT2D eigenvalue weighted by molar-refractivity contribution is 5.80. The van der Waals surface area contributed by atoms with E-state index >= 15 is 0 Å². The number of amides is 1. The number of hydrogen-bond donors (Lipinski definition) is 1. The second-order valence-electron chi connectivity index (χ2n) is 5.97. The Kier molecular flexibility index (Phi) is 5.79. The van der Waals surface area contributed by atoms with Crippen molar-refractivity contribution < 1.29 is 14.7 Å². The van der Waals surface area contributed by atoms with Gasteiger partial charge in [0, 0.05) is 12.2 Å². The van der Waals surface area contributed by atoms with Gasteiger partial charge in [-0.1, -0.05) is 6.08 Å². The topological polar surface area (TPSA) is 60.9 Å². The second-order valence-corrected chi connectivity index (χ2v) is 5.97. The lowest BCUT2D eigenvalue weighted by atomic mass is 9.97. The Morgan fingerprint density at radius 3 is 2.57 bits per heavy atom.